The van der Waals surface area contributed by atoms with Crippen molar-refractivity contribution < 1.29 is 14.3 Å². The van der Waals surface area contributed by atoms with E-state index in [9.17, 15) is 4.79 Å². The second-order valence-electron chi connectivity index (χ2n) is 5.75. The van der Waals surface area contributed by atoms with E-state index in [4.69, 9.17) is 15.2 Å². The second-order valence-corrected chi connectivity index (χ2v) is 5.75. The van der Waals surface area contributed by atoms with Gasteiger partial charge in [-0.2, -0.15) is 0 Å². The fourth-order valence-corrected chi connectivity index (χ4v) is 2.37. The van der Waals surface area contributed by atoms with E-state index in [-0.39, 0.29) is 18.7 Å². The minimum Gasteiger partial charge on any atom is -0.459 e. The molecule has 0 amide bonds. The van der Waals surface area contributed by atoms with Crippen LogP contribution in [0.25, 0.3) is 0 Å². The summed E-state index contributed by atoms with van der Waals surface area (Å²) in [7, 11) is 0. The van der Waals surface area contributed by atoms with Gasteiger partial charge in [-0.25, -0.2) is 4.79 Å². The summed E-state index contributed by atoms with van der Waals surface area (Å²) in [6.07, 6.45) is -0.0556. The molecule has 0 aliphatic carbocycles. The lowest BCUT2D eigenvalue weighted by atomic mass is 10.1. The normalized spacial score (nSPS) is 19.7. The lowest BCUT2D eigenvalue weighted by molar-refractivity contribution is -0.0662. The van der Waals surface area contributed by atoms with Gasteiger partial charge in [0.1, 0.15) is 12.7 Å². The topological polar surface area (TPSA) is 64.8 Å². The van der Waals surface area contributed by atoms with Crippen molar-refractivity contribution in [1.82, 2.24) is 4.90 Å². The number of hydrogen-bond acceptors (Lipinski definition) is 5. The summed E-state index contributed by atoms with van der Waals surface area (Å²) in [4.78, 5) is 14.4. The molecular formula is C16H24N2O3. The predicted molar refractivity (Wildman–Crippen MR) is 82.3 cm³/mol. The Morgan fingerprint density at radius 3 is 2.95 bits per heavy atom. The first kappa shape index (κ1) is 15.8. The average molecular weight is 292 g/mol. The number of aryl methyl sites for hydroxylation is 1. The van der Waals surface area contributed by atoms with Crippen LogP contribution in [0.15, 0.2) is 18.2 Å². The van der Waals surface area contributed by atoms with Gasteiger partial charge in [-0.15, -0.1) is 0 Å². The molecule has 21 heavy (non-hydrogen) atoms. The van der Waals surface area contributed by atoms with E-state index in [2.05, 4.69) is 18.7 Å². The van der Waals surface area contributed by atoms with Crippen molar-refractivity contribution in [3.63, 3.8) is 0 Å². The van der Waals surface area contributed by atoms with Crippen LogP contribution in [-0.2, 0) is 9.47 Å². The number of rotatable bonds is 4. The molecule has 2 rings (SSSR count). The van der Waals surface area contributed by atoms with Crippen molar-refractivity contribution in [2.45, 2.75) is 32.9 Å². The van der Waals surface area contributed by atoms with Crippen LogP contribution in [0, 0.1) is 6.92 Å². The molecule has 0 aromatic heterocycles. The Balaban J connectivity index is 1.87. The Kier molecular flexibility index (Phi) is 5.20. The molecule has 0 radical (unpaired) electrons. The number of hydrogen-bond donors (Lipinski definition) is 1. The summed E-state index contributed by atoms with van der Waals surface area (Å²) in [6, 6.07) is 5.64. The van der Waals surface area contributed by atoms with Crippen molar-refractivity contribution in [1.29, 1.82) is 0 Å². The lowest BCUT2D eigenvalue weighted by Crippen LogP contribution is -2.47. The van der Waals surface area contributed by atoms with Crippen LogP contribution in [0.5, 0.6) is 0 Å². The molecule has 1 aromatic carbocycles. The van der Waals surface area contributed by atoms with Crippen LogP contribution < -0.4 is 5.73 Å². The van der Waals surface area contributed by atoms with Crippen LogP contribution in [0.3, 0.4) is 0 Å². The summed E-state index contributed by atoms with van der Waals surface area (Å²) in [5.74, 6) is -0.330. The Bertz CT molecular complexity index is 502. The SMILES string of the molecule is Cc1cc(C(=O)OCC2CN(C(C)C)CCO2)ccc1N. The van der Waals surface area contributed by atoms with Crippen molar-refractivity contribution in [3.05, 3.63) is 29.3 Å². The molecule has 1 aliphatic rings. The van der Waals surface area contributed by atoms with Gasteiger partial charge >= 0.3 is 5.97 Å². The molecule has 1 aromatic rings. The molecule has 1 atom stereocenters. The van der Waals surface area contributed by atoms with Gasteiger partial charge in [0.25, 0.3) is 0 Å². The maximum absolute atomic E-state index is 12.0. The number of benzene rings is 1. The summed E-state index contributed by atoms with van der Waals surface area (Å²) >= 11 is 0. The molecule has 116 valence electrons. The van der Waals surface area contributed by atoms with Gasteiger partial charge < -0.3 is 15.2 Å². The van der Waals surface area contributed by atoms with E-state index in [0.29, 0.717) is 23.9 Å². The first-order chi connectivity index (χ1) is 9.97. The zero-order chi connectivity index (χ0) is 15.4. The van der Waals surface area contributed by atoms with Gasteiger partial charge in [-0.3, -0.25) is 4.90 Å². The van der Waals surface area contributed by atoms with Gasteiger partial charge in [-0.05, 0) is 44.5 Å². The predicted octanol–water partition coefficient (Wildman–Crippen LogP) is 1.84. The summed E-state index contributed by atoms with van der Waals surface area (Å²) in [5.41, 5.74) is 7.83. The van der Waals surface area contributed by atoms with E-state index in [1.807, 2.05) is 6.92 Å². The standard InChI is InChI=1S/C16H24N2O3/c1-11(2)18-6-7-20-14(9-18)10-21-16(19)13-4-5-15(17)12(3)8-13/h4-5,8,11,14H,6-7,9-10,17H2,1-3H3. The van der Waals surface area contributed by atoms with Gasteiger partial charge in [0, 0.05) is 24.8 Å². The summed E-state index contributed by atoms with van der Waals surface area (Å²) < 4.78 is 11.0. The number of nitrogen functional groups attached to an aromatic ring is 1. The van der Waals surface area contributed by atoms with Crippen LogP contribution >= 0.6 is 0 Å². The molecule has 1 fully saturated rings. The van der Waals surface area contributed by atoms with Crippen molar-refractivity contribution >= 4 is 11.7 Å². The van der Waals surface area contributed by atoms with Gasteiger partial charge in [-0.1, -0.05) is 0 Å². The van der Waals surface area contributed by atoms with Crippen LogP contribution in [-0.4, -0.2) is 49.3 Å². The number of esters is 1. The van der Waals surface area contributed by atoms with E-state index in [1.165, 1.54) is 0 Å². The molecule has 0 bridgehead atoms. The molecule has 5 heteroatoms. The first-order valence-corrected chi connectivity index (χ1v) is 7.36. The minimum atomic E-state index is -0.330. The highest BCUT2D eigenvalue weighted by atomic mass is 16.6. The lowest BCUT2D eigenvalue weighted by Gasteiger charge is -2.35. The zero-order valence-corrected chi connectivity index (χ0v) is 13.0. The molecule has 2 N–H and O–H groups in total. The smallest absolute Gasteiger partial charge is 0.338 e. The molecule has 0 saturated carbocycles. The Morgan fingerprint density at radius 2 is 2.29 bits per heavy atom. The average Bonchev–Trinajstić information content (AvgIpc) is 2.48. The summed E-state index contributed by atoms with van der Waals surface area (Å²) in [5, 5.41) is 0. The number of anilines is 1. The van der Waals surface area contributed by atoms with Crippen LogP contribution in [0.1, 0.15) is 29.8 Å². The van der Waals surface area contributed by atoms with Crippen molar-refractivity contribution in [2.75, 3.05) is 32.0 Å². The zero-order valence-electron chi connectivity index (χ0n) is 13.0. The van der Waals surface area contributed by atoms with Crippen LogP contribution in [0.4, 0.5) is 5.69 Å². The van der Waals surface area contributed by atoms with Crippen LogP contribution in [0.2, 0.25) is 0 Å². The molecule has 1 heterocycles. The Hall–Kier alpha value is -1.59. The maximum Gasteiger partial charge on any atom is 0.338 e. The maximum atomic E-state index is 12.0. The number of nitrogens with zero attached hydrogens (tertiary/aromatic N) is 1. The minimum absolute atomic E-state index is 0.0556. The fraction of sp³-hybridized carbons (Fsp3) is 0.562. The van der Waals surface area contributed by atoms with E-state index < -0.39 is 0 Å². The summed E-state index contributed by atoms with van der Waals surface area (Å²) in [6.45, 7) is 8.88. The molecule has 1 aliphatic heterocycles. The van der Waals surface area contributed by atoms with Gasteiger partial charge in [0.2, 0.25) is 0 Å². The molecule has 5 nitrogen and oxygen atoms in total. The van der Waals surface area contributed by atoms with E-state index >= 15 is 0 Å². The fourth-order valence-electron chi connectivity index (χ4n) is 2.37. The van der Waals surface area contributed by atoms with Crippen molar-refractivity contribution in [3.8, 4) is 0 Å². The quantitative estimate of drug-likeness (QED) is 0.677. The van der Waals surface area contributed by atoms with Crippen molar-refractivity contribution in [2.24, 2.45) is 0 Å². The third-order valence-corrected chi connectivity index (χ3v) is 3.81. The highest BCUT2D eigenvalue weighted by molar-refractivity contribution is 5.90. The number of carbonyl (C=O) groups excluding carboxylic acids is 1. The first-order valence-electron chi connectivity index (χ1n) is 7.36. The third kappa shape index (κ3) is 4.19. The largest absolute Gasteiger partial charge is 0.459 e. The monoisotopic (exact) mass is 292 g/mol. The molecule has 0 spiro atoms. The van der Waals surface area contributed by atoms with Gasteiger partial charge in [0.05, 0.1) is 12.2 Å². The number of carbonyl (C=O) groups is 1. The highest BCUT2D eigenvalue weighted by Gasteiger charge is 2.23. The Labute approximate surface area is 126 Å². The number of nitrogens with two attached hydrogens (primary N) is 1. The Morgan fingerprint density at radius 1 is 1.52 bits per heavy atom. The number of morpholine rings is 1. The third-order valence-electron chi connectivity index (χ3n) is 3.81. The highest BCUT2D eigenvalue weighted by Crippen LogP contribution is 2.14. The van der Waals surface area contributed by atoms with Gasteiger partial charge in [0.15, 0.2) is 0 Å². The molecular weight excluding hydrogens is 268 g/mol. The van der Waals surface area contributed by atoms with E-state index in [0.717, 1.165) is 18.7 Å². The van der Waals surface area contributed by atoms with E-state index in [1.54, 1.807) is 18.2 Å². The number of ether oxygens (including phenoxy) is 2. The second kappa shape index (κ2) is 6.91. The molecule has 1 saturated heterocycles. The molecule has 1 unspecified atom stereocenters.